The Labute approximate surface area is 127 Å². The number of ether oxygens (including phenoxy) is 1. The lowest BCUT2D eigenvalue weighted by Gasteiger charge is -2.10. The molecule has 0 spiro atoms. The van der Waals surface area contributed by atoms with Crippen molar-refractivity contribution in [3.05, 3.63) is 59.7 Å². The molecule has 7 heteroatoms. The molecule has 1 N–H and O–H groups in total. The number of aryl methyl sites for hydroxylation is 1. The molecule has 0 aromatic heterocycles. The van der Waals surface area contributed by atoms with Crippen molar-refractivity contribution in [1.82, 2.24) is 0 Å². The van der Waals surface area contributed by atoms with Crippen LogP contribution in [0.15, 0.2) is 42.5 Å². The second kappa shape index (κ2) is 6.74. The van der Waals surface area contributed by atoms with Gasteiger partial charge in [-0.1, -0.05) is 6.07 Å². The van der Waals surface area contributed by atoms with Crippen molar-refractivity contribution in [2.24, 2.45) is 0 Å². The Hall–Kier alpha value is -2.15. The van der Waals surface area contributed by atoms with Crippen LogP contribution in [-0.2, 0) is 10.0 Å². The van der Waals surface area contributed by atoms with Crippen LogP contribution in [0.1, 0.15) is 5.56 Å². The van der Waals surface area contributed by atoms with E-state index < -0.39 is 21.7 Å². The lowest BCUT2D eigenvalue weighted by atomic mass is 10.2. The van der Waals surface area contributed by atoms with E-state index in [0.717, 1.165) is 6.07 Å². The normalized spacial score (nSPS) is 11.2. The number of anilines is 1. The molecular weight excluding hydrogens is 312 g/mol. The van der Waals surface area contributed by atoms with Gasteiger partial charge in [-0.3, -0.25) is 4.72 Å². The van der Waals surface area contributed by atoms with Crippen LogP contribution in [0, 0.1) is 18.6 Å². The van der Waals surface area contributed by atoms with Crippen molar-refractivity contribution >= 4 is 15.7 Å². The third-order valence-corrected chi connectivity index (χ3v) is 4.13. The molecule has 0 aliphatic carbocycles. The van der Waals surface area contributed by atoms with E-state index >= 15 is 0 Å². The maximum atomic E-state index is 13.4. The SMILES string of the molecule is Cc1ccc(NS(=O)(=O)CCOc2ccc(F)cc2)cc1F. The summed E-state index contributed by atoms with van der Waals surface area (Å²) < 4.78 is 57.3. The van der Waals surface area contributed by atoms with Gasteiger partial charge in [0, 0.05) is 0 Å². The molecule has 0 saturated heterocycles. The zero-order valence-corrected chi connectivity index (χ0v) is 12.7. The Morgan fingerprint density at radius 2 is 1.77 bits per heavy atom. The highest BCUT2D eigenvalue weighted by Gasteiger charge is 2.12. The number of hydrogen-bond donors (Lipinski definition) is 1. The summed E-state index contributed by atoms with van der Waals surface area (Å²) in [5.41, 5.74) is 0.590. The molecule has 2 aromatic rings. The van der Waals surface area contributed by atoms with Crippen LogP contribution in [0.4, 0.5) is 14.5 Å². The Morgan fingerprint density at radius 3 is 2.41 bits per heavy atom. The fourth-order valence-electron chi connectivity index (χ4n) is 1.69. The topological polar surface area (TPSA) is 55.4 Å². The summed E-state index contributed by atoms with van der Waals surface area (Å²) in [5.74, 6) is -0.816. The molecular formula is C15H15F2NO3S. The highest BCUT2D eigenvalue weighted by atomic mass is 32.2. The van der Waals surface area contributed by atoms with Crippen LogP contribution in [0.25, 0.3) is 0 Å². The van der Waals surface area contributed by atoms with Crippen LogP contribution in [0.5, 0.6) is 5.75 Å². The van der Waals surface area contributed by atoms with Gasteiger partial charge in [0.1, 0.15) is 29.7 Å². The number of nitrogens with one attached hydrogen (secondary N) is 1. The summed E-state index contributed by atoms with van der Waals surface area (Å²) in [6.07, 6.45) is 0. The van der Waals surface area contributed by atoms with Crippen molar-refractivity contribution in [3.63, 3.8) is 0 Å². The molecule has 2 rings (SSSR count). The van der Waals surface area contributed by atoms with Gasteiger partial charge in [-0.2, -0.15) is 0 Å². The number of rotatable bonds is 6. The minimum Gasteiger partial charge on any atom is -0.492 e. The van der Waals surface area contributed by atoms with Crippen LogP contribution in [0.3, 0.4) is 0 Å². The summed E-state index contributed by atoms with van der Waals surface area (Å²) in [5, 5.41) is 0. The number of hydrogen-bond acceptors (Lipinski definition) is 3. The van der Waals surface area contributed by atoms with Gasteiger partial charge in [0.2, 0.25) is 10.0 Å². The molecule has 0 unspecified atom stereocenters. The van der Waals surface area contributed by atoms with Gasteiger partial charge in [-0.05, 0) is 48.9 Å². The van der Waals surface area contributed by atoms with E-state index in [1.807, 2.05) is 0 Å². The highest BCUT2D eigenvalue weighted by Crippen LogP contribution is 2.15. The first-order valence-electron chi connectivity index (χ1n) is 6.51. The lowest BCUT2D eigenvalue weighted by Crippen LogP contribution is -2.21. The molecule has 0 bridgehead atoms. The monoisotopic (exact) mass is 327 g/mol. The predicted molar refractivity (Wildman–Crippen MR) is 80.4 cm³/mol. The second-order valence-electron chi connectivity index (χ2n) is 4.69. The minimum atomic E-state index is -3.66. The number of benzene rings is 2. The minimum absolute atomic E-state index is 0.102. The van der Waals surface area contributed by atoms with Crippen molar-refractivity contribution in [1.29, 1.82) is 0 Å². The molecule has 118 valence electrons. The fourth-order valence-corrected chi connectivity index (χ4v) is 2.58. The predicted octanol–water partition coefficient (Wildman–Crippen LogP) is 3.09. The summed E-state index contributed by atoms with van der Waals surface area (Å²) in [6.45, 7) is 1.49. The van der Waals surface area contributed by atoms with Crippen LogP contribution < -0.4 is 9.46 Å². The number of halogens is 2. The summed E-state index contributed by atoms with van der Waals surface area (Å²) in [4.78, 5) is 0. The van der Waals surface area contributed by atoms with Crippen LogP contribution in [0.2, 0.25) is 0 Å². The molecule has 0 radical (unpaired) electrons. The zero-order chi connectivity index (χ0) is 16.2. The van der Waals surface area contributed by atoms with E-state index in [1.54, 1.807) is 6.92 Å². The van der Waals surface area contributed by atoms with E-state index in [1.165, 1.54) is 36.4 Å². The standard InChI is InChI=1S/C15H15F2NO3S/c1-11-2-5-13(10-15(11)17)18-22(19,20)9-8-21-14-6-3-12(16)4-7-14/h2-7,10,18H,8-9H2,1H3. The van der Waals surface area contributed by atoms with Crippen molar-refractivity contribution < 1.29 is 21.9 Å². The fraction of sp³-hybridized carbons (Fsp3) is 0.200. The maximum Gasteiger partial charge on any atom is 0.236 e. The van der Waals surface area contributed by atoms with Gasteiger partial charge < -0.3 is 4.74 Å². The van der Waals surface area contributed by atoms with Crippen LogP contribution in [-0.4, -0.2) is 20.8 Å². The Balaban J connectivity index is 1.90. The molecule has 4 nitrogen and oxygen atoms in total. The van der Waals surface area contributed by atoms with E-state index in [9.17, 15) is 17.2 Å². The van der Waals surface area contributed by atoms with Gasteiger partial charge in [-0.15, -0.1) is 0 Å². The molecule has 0 aliphatic rings. The molecule has 0 atom stereocenters. The number of sulfonamides is 1. The maximum absolute atomic E-state index is 13.4. The van der Waals surface area contributed by atoms with Gasteiger partial charge in [0.15, 0.2) is 0 Å². The molecule has 22 heavy (non-hydrogen) atoms. The first-order valence-corrected chi connectivity index (χ1v) is 8.16. The molecule has 0 heterocycles. The van der Waals surface area contributed by atoms with Gasteiger partial charge in [0.25, 0.3) is 0 Å². The van der Waals surface area contributed by atoms with E-state index in [4.69, 9.17) is 4.74 Å². The lowest BCUT2D eigenvalue weighted by molar-refractivity contribution is 0.340. The first-order chi connectivity index (χ1) is 10.4. The molecule has 0 aliphatic heterocycles. The zero-order valence-electron chi connectivity index (χ0n) is 11.8. The van der Waals surface area contributed by atoms with Crippen molar-refractivity contribution in [2.75, 3.05) is 17.1 Å². The van der Waals surface area contributed by atoms with Crippen molar-refractivity contribution in [2.45, 2.75) is 6.92 Å². The van der Waals surface area contributed by atoms with Gasteiger partial charge in [0.05, 0.1) is 5.69 Å². The van der Waals surface area contributed by atoms with E-state index in [2.05, 4.69) is 4.72 Å². The molecule has 2 aromatic carbocycles. The highest BCUT2D eigenvalue weighted by molar-refractivity contribution is 7.92. The average molecular weight is 327 g/mol. The summed E-state index contributed by atoms with van der Waals surface area (Å²) >= 11 is 0. The van der Waals surface area contributed by atoms with E-state index in [-0.39, 0.29) is 18.0 Å². The quantitative estimate of drug-likeness (QED) is 0.887. The second-order valence-corrected chi connectivity index (χ2v) is 6.53. The summed E-state index contributed by atoms with van der Waals surface area (Å²) in [7, 11) is -3.66. The Kier molecular flexibility index (Phi) is 4.97. The Morgan fingerprint density at radius 1 is 1.09 bits per heavy atom. The van der Waals surface area contributed by atoms with Gasteiger partial charge in [-0.25, -0.2) is 17.2 Å². The first kappa shape index (κ1) is 16.2. The Bertz CT molecular complexity index is 746. The van der Waals surface area contributed by atoms with Crippen molar-refractivity contribution in [3.8, 4) is 5.75 Å². The molecule has 0 saturated carbocycles. The smallest absolute Gasteiger partial charge is 0.236 e. The third-order valence-electron chi connectivity index (χ3n) is 2.88. The van der Waals surface area contributed by atoms with Gasteiger partial charge >= 0.3 is 0 Å². The third kappa shape index (κ3) is 4.70. The largest absolute Gasteiger partial charge is 0.492 e. The summed E-state index contributed by atoms with van der Waals surface area (Å²) in [6, 6.07) is 9.34. The molecule has 0 fully saturated rings. The average Bonchev–Trinajstić information content (AvgIpc) is 2.45. The van der Waals surface area contributed by atoms with Crippen LogP contribution >= 0.6 is 0 Å². The molecule has 0 amide bonds. The van der Waals surface area contributed by atoms with E-state index in [0.29, 0.717) is 11.3 Å².